The maximum absolute atomic E-state index is 13.9. The molecule has 1 heterocycles. The summed E-state index contributed by atoms with van der Waals surface area (Å²) in [5.74, 6) is -13.8. The van der Waals surface area contributed by atoms with Crippen LogP contribution >= 0.6 is 21.6 Å². The van der Waals surface area contributed by atoms with Crippen LogP contribution in [0.3, 0.4) is 0 Å². The number of alkyl halides is 3. The molecule has 1 aliphatic rings. The number of carboxylic acid groups (broad SMARTS) is 2. The molecule has 0 spiro atoms. The Kier molecular flexibility index (Phi) is 32.0. The summed E-state index contributed by atoms with van der Waals surface area (Å²) >= 11 is 0. The molecule has 0 aliphatic carbocycles. The number of aliphatic hydroxyl groups excluding tert-OH is 1. The minimum atomic E-state index is -5.08. The van der Waals surface area contributed by atoms with Crippen LogP contribution in [0.1, 0.15) is 58.3 Å². The first-order chi connectivity index (χ1) is 34.5. The number of amides is 9. The fourth-order valence-electron chi connectivity index (χ4n) is 5.75. The average Bonchev–Trinajstić information content (AvgIpc) is 3.30. The summed E-state index contributed by atoms with van der Waals surface area (Å²) in [6.07, 6.45) is -7.04. The van der Waals surface area contributed by atoms with E-state index in [1.807, 2.05) is 0 Å². The number of primary amides is 1. The van der Waals surface area contributed by atoms with Crippen LogP contribution in [0.4, 0.5) is 13.2 Å². The van der Waals surface area contributed by atoms with E-state index < -0.39 is 139 Å². The van der Waals surface area contributed by atoms with Crippen molar-refractivity contribution in [1.29, 1.82) is 0 Å². The Morgan fingerprint density at radius 3 is 1.53 bits per heavy atom. The van der Waals surface area contributed by atoms with Gasteiger partial charge in [-0.2, -0.15) is 13.2 Å². The van der Waals surface area contributed by atoms with Crippen LogP contribution in [-0.2, 0) is 52.7 Å². The fraction of sp³-hybridized carbons (Fsp3) is 0.658. The Morgan fingerprint density at radius 1 is 0.635 bits per heavy atom. The summed E-state index contributed by atoms with van der Waals surface area (Å²) in [6, 6.07) is -10.5. The first kappa shape index (κ1) is 67.1. The van der Waals surface area contributed by atoms with Gasteiger partial charge in [0, 0.05) is 24.6 Å². The summed E-state index contributed by atoms with van der Waals surface area (Å²) in [5.41, 5.74) is 38.6. The molecule has 3 unspecified atom stereocenters. The quantitative estimate of drug-likeness (QED) is 0.0295. The Morgan fingerprint density at radius 2 is 1.07 bits per heavy atom. The van der Waals surface area contributed by atoms with E-state index in [1.165, 1.54) is 0 Å². The van der Waals surface area contributed by atoms with Crippen molar-refractivity contribution in [3.05, 3.63) is 0 Å². The highest BCUT2D eigenvalue weighted by Crippen LogP contribution is 2.23. The molecular formula is C38H66F3N17O14S2. The third-order valence-corrected chi connectivity index (χ3v) is 11.9. The van der Waals surface area contributed by atoms with Crippen molar-refractivity contribution in [3.63, 3.8) is 0 Å². The minimum Gasteiger partial charge on any atom is -0.480 e. The van der Waals surface area contributed by atoms with Gasteiger partial charge in [-0.05, 0) is 58.4 Å². The molecule has 0 radical (unpaired) electrons. The van der Waals surface area contributed by atoms with Gasteiger partial charge in [0.1, 0.15) is 36.3 Å². The summed E-state index contributed by atoms with van der Waals surface area (Å²) in [4.78, 5) is 148. The molecule has 0 saturated carbocycles. The second-order valence-corrected chi connectivity index (χ2v) is 18.3. The van der Waals surface area contributed by atoms with Crippen molar-refractivity contribution in [2.24, 2.45) is 50.1 Å². The van der Waals surface area contributed by atoms with Crippen molar-refractivity contribution in [2.75, 3.05) is 44.2 Å². The van der Waals surface area contributed by atoms with Gasteiger partial charge in [-0.15, -0.1) is 0 Å². The maximum Gasteiger partial charge on any atom is 0.490 e. The normalized spacial score (nSPS) is 23.1. The monoisotopic (exact) mass is 1110 g/mol. The molecule has 420 valence electrons. The lowest BCUT2D eigenvalue weighted by atomic mass is 10.0. The summed E-state index contributed by atoms with van der Waals surface area (Å²) < 4.78 is 31.7. The summed E-state index contributed by atoms with van der Waals surface area (Å²) in [5, 5.41) is 46.4. The third kappa shape index (κ3) is 29.6. The number of carbonyl (C=O) groups is 11. The smallest absolute Gasteiger partial charge is 0.480 e. The van der Waals surface area contributed by atoms with E-state index in [9.17, 15) is 71.3 Å². The Hall–Kier alpha value is -6.92. The number of hydrogen-bond acceptors (Lipinski definition) is 18. The molecule has 8 atom stereocenters. The maximum atomic E-state index is 13.9. The van der Waals surface area contributed by atoms with E-state index in [4.69, 9.17) is 50.0 Å². The first-order valence-electron chi connectivity index (χ1n) is 22.2. The lowest BCUT2D eigenvalue weighted by Crippen LogP contribution is -2.61. The number of nitrogens with two attached hydrogens (primary N) is 7. The topological polar surface area (TPSA) is 552 Å². The number of aliphatic hydroxyl groups is 1. The lowest BCUT2D eigenvalue weighted by molar-refractivity contribution is -0.192. The van der Waals surface area contributed by atoms with Gasteiger partial charge in [-0.25, -0.2) is 9.59 Å². The zero-order valence-electron chi connectivity index (χ0n) is 39.9. The molecule has 25 N–H and O–H groups in total. The van der Waals surface area contributed by atoms with Crippen LogP contribution in [-0.4, -0.2) is 191 Å². The number of carboxylic acids is 2. The van der Waals surface area contributed by atoms with Gasteiger partial charge in [0.15, 0.2) is 11.9 Å². The average molecular weight is 1110 g/mol. The van der Waals surface area contributed by atoms with Gasteiger partial charge in [-0.3, -0.25) is 53.1 Å². The number of halogens is 3. The lowest BCUT2D eigenvalue weighted by Gasteiger charge is -2.28. The van der Waals surface area contributed by atoms with Crippen molar-refractivity contribution in [1.82, 2.24) is 42.5 Å². The molecule has 0 aromatic rings. The fourth-order valence-corrected chi connectivity index (χ4v) is 8.03. The zero-order chi connectivity index (χ0) is 56.7. The minimum absolute atomic E-state index is 0.0000806. The number of nitrogens with one attached hydrogen (secondary N) is 8. The number of hydrogen-bond donors (Lipinski definition) is 18. The van der Waals surface area contributed by atoms with Crippen LogP contribution in [0.25, 0.3) is 0 Å². The highest BCUT2D eigenvalue weighted by atomic mass is 33.1. The highest BCUT2D eigenvalue weighted by molar-refractivity contribution is 8.76. The van der Waals surface area contributed by atoms with E-state index in [1.54, 1.807) is 0 Å². The standard InChI is InChI=1S/C36H65N17O12S2.C2HF3O2/c1-17(54)27-33(63)52-19(7-4-10-44-35(40)41)29(59)47-14-26(57)49-23(34(64)65)16-67-66-15-18(38)28(58)46-13-25(56)48-22(12-24(39)55)32(62)51-20(6-2-3-9-37)30(60)50-21(31(61)53-27)8-5-11-45-36(42)43;3-2(4,5)1(6)7/h17-23,27,54H,2-16,37-38H2,1H3,(H2,39,55)(H,46,58)(H,47,59)(H,48,56)(H,49,57)(H,50,60)(H,51,62)(H,52,63)(H,53,61)(H,64,65)(H4,40,41,44)(H4,42,43,45);(H,6,7)/t17-,18+,19?,20?,21+,22+,23?,27+;/m1./s1. The van der Waals surface area contributed by atoms with Gasteiger partial charge >= 0.3 is 18.1 Å². The Balaban J connectivity index is 0.00000705. The predicted octanol–water partition coefficient (Wildman–Crippen LogP) is -7.94. The van der Waals surface area contributed by atoms with Crippen molar-refractivity contribution in [2.45, 2.75) is 113 Å². The van der Waals surface area contributed by atoms with Crippen LogP contribution in [0.5, 0.6) is 0 Å². The van der Waals surface area contributed by atoms with Crippen LogP contribution < -0.4 is 82.7 Å². The third-order valence-electron chi connectivity index (χ3n) is 9.48. The molecule has 0 bridgehead atoms. The summed E-state index contributed by atoms with van der Waals surface area (Å²) in [6.45, 7) is -0.148. The van der Waals surface area contributed by atoms with E-state index in [-0.39, 0.29) is 81.6 Å². The molecular weight excluding hydrogens is 1040 g/mol. The second kappa shape index (κ2) is 35.3. The van der Waals surface area contributed by atoms with Gasteiger partial charge < -0.3 is 98.0 Å². The molecule has 1 fully saturated rings. The number of rotatable bonds is 16. The molecule has 9 amide bonds. The van der Waals surface area contributed by atoms with Crippen LogP contribution in [0.15, 0.2) is 9.98 Å². The number of nitrogens with zero attached hydrogens (tertiary/aromatic N) is 2. The van der Waals surface area contributed by atoms with Gasteiger partial charge in [0.05, 0.1) is 31.7 Å². The van der Waals surface area contributed by atoms with E-state index in [2.05, 4.69) is 52.5 Å². The molecule has 36 heteroatoms. The van der Waals surface area contributed by atoms with Crippen LogP contribution in [0, 0.1) is 0 Å². The van der Waals surface area contributed by atoms with Gasteiger partial charge in [-0.1, -0.05) is 21.6 Å². The number of aliphatic imine (C=N–C) groups is 2. The Labute approximate surface area is 428 Å². The largest absolute Gasteiger partial charge is 0.490 e. The molecule has 31 nitrogen and oxygen atoms in total. The highest BCUT2D eigenvalue weighted by Gasteiger charge is 2.38. The van der Waals surface area contributed by atoms with Crippen molar-refractivity contribution >= 4 is 98.6 Å². The SMILES string of the molecule is C[C@@H](O)[C@@H]1NC(=O)[C@H](CCCN=C(N)N)NC(=O)C(CCCCN)NC(=O)[C@H](CC(N)=O)NC(=O)CNC(=O)[C@@H](N)CSSCC(C(=O)O)NC(=O)CNC(=O)C(CCCN=C(N)N)NC1=O.O=C(O)C(F)(F)F. The van der Waals surface area contributed by atoms with Gasteiger partial charge in [0.2, 0.25) is 53.2 Å². The molecule has 74 heavy (non-hydrogen) atoms. The van der Waals surface area contributed by atoms with Gasteiger partial charge in [0.25, 0.3) is 0 Å². The predicted molar refractivity (Wildman–Crippen MR) is 260 cm³/mol. The van der Waals surface area contributed by atoms with E-state index >= 15 is 0 Å². The Bertz CT molecular complexity index is 2000. The van der Waals surface area contributed by atoms with Crippen LogP contribution in [0.2, 0.25) is 0 Å². The van der Waals surface area contributed by atoms with Crippen molar-refractivity contribution in [3.8, 4) is 0 Å². The van der Waals surface area contributed by atoms with E-state index in [0.717, 1.165) is 28.5 Å². The number of unbranched alkanes of at least 4 members (excludes halogenated alkanes) is 1. The molecule has 1 aliphatic heterocycles. The molecule has 0 aromatic heterocycles. The first-order valence-corrected chi connectivity index (χ1v) is 24.6. The molecule has 0 aromatic carbocycles. The number of guanidine groups is 2. The molecule has 1 saturated heterocycles. The number of carbonyl (C=O) groups excluding carboxylic acids is 9. The second-order valence-electron chi connectivity index (χ2n) is 15.8. The number of aliphatic carboxylic acids is 2. The van der Waals surface area contributed by atoms with Crippen molar-refractivity contribution < 1.29 is 81.2 Å². The zero-order valence-corrected chi connectivity index (χ0v) is 41.6. The summed E-state index contributed by atoms with van der Waals surface area (Å²) in [7, 11) is 1.90. The van der Waals surface area contributed by atoms with E-state index in [0.29, 0.717) is 6.42 Å². The molecule has 1 rings (SSSR count).